The van der Waals surface area contributed by atoms with Crippen molar-refractivity contribution in [3.05, 3.63) is 71.3 Å². The van der Waals surface area contributed by atoms with Gasteiger partial charge in [-0.3, -0.25) is 4.79 Å². The van der Waals surface area contributed by atoms with Crippen LogP contribution in [0.15, 0.2) is 54.6 Å². The summed E-state index contributed by atoms with van der Waals surface area (Å²) in [5, 5.41) is 2.94. The zero-order valence-electron chi connectivity index (χ0n) is 11.6. The number of amides is 1. The molecule has 0 saturated carbocycles. The van der Waals surface area contributed by atoms with Crippen LogP contribution in [-0.4, -0.2) is 18.2 Å². The Morgan fingerprint density at radius 2 is 1.75 bits per heavy atom. The lowest BCUT2D eigenvalue weighted by atomic mass is 10.1. The van der Waals surface area contributed by atoms with Gasteiger partial charge in [-0.05, 0) is 24.6 Å². The molecule has 0 unspecified atom stereocenters. The molecular weight excluding hydrogens is 266 g/mol. The highest BCUT2D eigenvalue weighted by Crippen LogP contribution is 2.10. The lowest BCUT2D eigenvalue weighted by Gasteiger charge is -2.05. The molecular formula is C17H19NOS. The highest BCUT2D eigenvalue weighted by Gasteiger charge is 2.03. The van der Waals surface area contributed by atoms with Crippen molar-refractivity contribution >= 4 is 17.7 Å². The van der Waals surface area contributed by atoms with Crippen molar-refractivity contribution in [3.8, 4) is 0 Å². The molecule has 0 aliphatic rings. The van der Waals surface area contributed by atoms with E-state index in [1.54, 1.807) is 0 Å². The third-order valence-corrected chi connectivity index (χ3v) is 3.99. The zero-order valence-corrected chi connectivity index (χ0v) is 12.5. The molecule has 1 N–H and O–H groups in total. The Labute approximate surface area is 124 Å². The van der Waals surface area contributed by atoms with Gasteiger partial charge in [0.05, 0.1) is 0 Å². The SMILES string of the molecule is Cc1ccc(C(=O)NCCSCc2ccccc2)cc1. The minimum Gasteiger partial charge on any atom is -0.351 e. The van der Waals surface area contributed by atoms with Crippen LogP contribution >= 0.6 is 11.8 Å². The largest absolute Gasteiger partial charge is 0.351 e. The maximum Gasteiger partial charge on any atom is 0.251 e. The minimum absolute atomic E-state index is 0.00492. The van der Waals surface area contributed by atoms with Crippen LogP contribution in [0.5, 0.6) is 0 Å². The van der Waals surface area contributed by atoms with Crippen LogP contribution in [-0.2, 0) is 5.75 Å². The molecule has 0 aromatic heterocycles. The number of hydrogen-bond donors (Lipinski definition) is 1. The molecule has 3 heteroatoms. The molecule has 0 heterocycles. The average molecular weight is 285 g/mol. The Bertz CT molecular complexity index is 537. The van der Waals surface area contributed by atoms with Crippen molar-refractivity contribution in [2.75, 3.05) is 12.3 Å². The molecule has 0 aliphatic carbocycles. The molecule has 0 spiro atoms. The summed E-state index contributed by atoms with van der Waals surface area (Å²) in [6, 6.07) is 18.0. The molecule has 2 nitrogen and oxygen atoms in total. The van der Waals surface area contributed by atoms with Gasteiger partial charge >= 0.3 is 0 Å². The first-order valence-corrected chi connectivity index (χ1v) is 7.88. The first kappa shape index (κ1) is 14.7. The van der Waals surface area contributed by atoms with Gasteiger partial charge in [0.25, 0.3) is 5.91 Å². The predicted molar refractivity (Wildman–Crippen MR) is 86.1 cm³/mol. The Balaban J connectivity index is 1.66. The number of aryl methyl sites for hydroxylation is 1. The second-order valence-corrected chi connectivity index (χ2v) is 5.77. The highest BCUT2D eigenvalue weighted by atomic mass is 32.2. The Kier molecular flexibility index (Phi) is 5.69. The molecule has 0 aliphatic heterocycles. The first-order valence-electron chi connectivity index (χ1n) is 6.72. The van der Waals surface area contributed by atoms with Crippen molar-refractivity contribution in [2.45, 2.75) is 12.7 Å². The quantitative estimate of drug-likeness (QED) is 0.821. The number of benzene rings is 2. The number of thioether (sulfide) groups is 1. The van der Waals surface area contributed by atoms with E-state index < -0.39 is 0 Å². The summed E-state index contributed by atoms with van der Waals surface area (Å²) < 4.78 is 0. The van der Waals surface area contributed by atoms with Gasteiger partial charge in [-0.2, -0.15) is 11.8 Å². The third-order valence-electron chi connectivity index (χ3n) is 2.96. The van der Waals surface area contributed by atoms with E-state index in [1.165, 1.54) is 11.1 Å². The molecule has 2 aromatic carbocycles. The molecule has 104 valence electrons. The minimum atomic E-state index is 0.00492. The van der Waals surface area contributed by atoms with Crippen molar-refractivity contribution in [1.82, 2.24) is 5.32 Å². The standard InChI is InChI=1S/C17H19NOS/c1-14-7-9-16(10-8-14)17(19)18-11-12-20-13-15-5-3-2-4-6-15/h2-10H,11-13H2,1H3,(H,18,19). The number of carbonyl (C=O) groups excluding carboxylic acids is 1. The second-order valence-electron chi connectivity index (χ2n) is 4.66. The van der Waals surface area contributed by atoms with Crippen LogP contribution in [0, 0.1) is 6.92 Å². The van der Waals surface area contributed by atoms with Gasteiger partial charge in [-0.25, -0.2) is 0 Å². The Hall–Kier alpha value is -1.74. The van der Waals surface area contributed by atoms with Crippen molar-refractivity contribution in [3.63, 3.8) is 0 Å². The van der Waals surface area contributed by atoms with Crippen molar-refractivity contribution in [1.29, 1.82) is 0 Å². The number of rotatable bonds is 6. The summed E-state index contributed by atoms with van der Waals surface area (Å²) in [4.78, 5) is 11.9. The zero-order chi connectivity index (χ0) is 14.2. The van der Waals surface area contributed by atoms with Crippen LogP contribution < -0.4 is 5.32 Å². The summed E-state index contributed by atoms with van der Waals surface area (Å²) in [5.74, 6) is 1.92. The fourth-order valence-electron chi connectivity index (χ4n) is 1.81. The maximum atomic E-state index is 11.9. The summed E-state index contributed by atoms with van der Waals surface area (Å²) in [6.07, 6.45) is 0. The normalized spacial score (nSPS) is 10.2. The molecule has 0 radical (unpaired) electrons. The van der Waals surface area contributed by atoms with E-state index in [9.17, 15) is 4.79 Å². The first-order chi connectivity index (χ1) is 9.75. The Morgan fingerprint density at radius 3 is 2.45 bits per heavy atom. The number of nitrogens with one attached hydrogen (secondary N) is 1. The van der Waals surface area contributed by atoms with E-state index >= 15 is 0 Å². The van der Waals surface area contributed by atoms with Gasteiger partial charge in [0.2, 0.25) is 0 Å². The van der Waals surface area contributed by atoms with Crippen molar-refractivity contribution in [2.24, 2.45) is 0 Å². The second kappa shape index (κ2) is 7.75. The smallest absolute Gasteiger partial charge is 0.251 e. The van der Waals surface area contributed by atoms with Gasteiger partial charge < -0.3 is 5.32 Å². The maximum absolute atomic E-state index is 11.9. The topological polar surface area (TPSA) is 29.1 Å². The van der Waals surface area contributed by atoms with E-state index in [1.807, 2.05) is 49.0 Å². The predicted octanol–water partition coefficient (Wildman–Crippen LogP) is 3.66. The van der Waals surface area contributed by atoms with E-state index in [0.29, 0.717) is 6.54 Å². The van der Waals surface area contributed by atoms with E-state index in [4.69, 9.17) is 0 Å². The van der Waals surface area contributed by atoms with Gasteiger partial charge in [0.1, 0.15) is 0 Å². The molecule has 0 bridgehead atoms. The summed E-state index contributed by atoms with van der Waals surface area (Å²) >= 11 is 1.83. The number of hydrogen-bond acceptors (Lipinski definition) is 2. The summed E-state index contributed by atoms with van der Waals surface area (Å²) in [5.41, 5.74) is 3.21. The van der Waals surface area contributed by atoms with Gasteiger partial charge in [0, 0.05) is 23.6 Å². The summed E-state index contributed by atoms with van der Waals surface area (Å²) in [6.45, 7) is 2.71. The molecule has 0 fully saturated rings. The molecule has 1 amide bonds. The van der Waals surface area contributed by atoms with E-state index in [-0.39, 0.29) is 5.91 Å². The molecule has 2 aromatic rings. The number of carbonyl (C=O) groups is 1. The molecule has 0 saturated heterocycles. The monoisotopic (exact) mass is 285 g/mol. The van der Waals surface area contributed by atoms with Crippen LogP contribution in [0.4, 0.5) is 0 Å². The van der Waals surface area contributed by atoms with E-state index in [2.05, 4.69) is 29.6 Å². The van der Waals surface area contributed by atoms with Crippen LogP contribution in [0.1, 0.15) is 21.5 Å². The fourth-order valence-corrected chi connectivity index (χ4v) is 2.63. The van der Waals surface area contributed by atoms with Crippen LogP contribution in [0.25, 0.3) is 0 Å². The van der Waals surface area contributed by atoms with Gasteiger partial charge in [-0.15, -0.1) is 0 Å². The van der Waals surface area contributed by atoms with Gasteiger partial charge in [0.15, 0.2) is 0 Å². The molecule has 2 rings (SSSR count). The third kappa shape index (κ3) is 4.74. The fraction of sp³-hybridized carbons (Fsp3) is 0.235. The molecule has 0 atom stereocenters. The Morgan fingerprint density at radius 1 is 1.05 bits per heavy atom. The van der Waals surface area contributed by atoms with Gasteiger partial charge in [-0.1, -0.05) is 48.0 Å². The average Bonchev–Trinajstić information content (AvgIpc) is 2.48. The lowest BCUT2D eigenvalue weighted by molar-refractivity contribution is 0.0956. The molecule has 20 heavy (non-hydrogen) atoms. The van der Waals surface area contributed by atoms with Crippen molar-refractivity contribution < 1.29 is 4.79 Å². The lowest BCUT2D eigenvalue weighted by Crippen LogP contribution is -2.25. The van der Waals surface area contributed by atoms with E-state index in [0.717, 1.165) is 17.1 Å². The highest BCUT2D eigenvalue weighted by molar-refractivity contribution is 7.98. The van der Waals surface area contributed by atoms with Crippen LogP contribution in [0.2, 0.25) is 0 Å². The van der Waals surface area contributed by atoms with Crippen LogP contribution in [0.3, 0.4) is 0 Å². The summed E-state index contributed by atoms with van der Waals surface area (Å²) in [7, 11) is 0.